The molecule has 1 aromatic heterocycles. The Morgan fingerprint density at radius 3 is 2.52 bits per heavy atom. The number of aryl methyl sites for hydroxylation is 1. The molecule has 4 aromatic rings. The van der Waals surface area contributed by atoms with Gasteiger partial charge in [-0.1, -0.05) is 71.4 Å². The van der Waals surface area contributed by atoms with Gasteiger partial charge in [0.2, 0.25) is 5.91 Å². The molecule has 1 heterocycles. The van der Waals surface area contributed by atoms with Crippen molar-refractivity contribution in [2.45, 2.75) is 12.1 Å². The predicted octanol–water partition coefficient (Wildman–Crippen LogP) is 6.39. The van der Waals surface area contributed by atoms with Crippen LogP contribution >= 0.6 is 39.3 Å². The summed E-state index contributed by atoms with van der Waals surface area (Å²) in [7, 11) is 0. The van der Waals surface area contributed by atoms with Gasteiger partial charge in [0.25, 0.3) is 0 Å². The Morgan fingerprint density at radius 2 is 1.81 bits per heavy atom. The van der Waals surface area contributed by atoms with Crippen molar-refractivity contribution in [3.63, 3.8) is 0 Å². The van der Waals surface area contributed by atoms with E-state index in [4.69, 9.17) is 11.6 Å². The van der Waals surface area contributed by atoms with E-state index in [1.54, 1.807) is 18.2 Å². The molecule has 0 aliphatic carbocycles. The van der Waals surface area contributed by atoms with E-state index in [2.05, 4.69) is 31.4 Å². The molecule has 0 fully saturated rings. The highest BCUT2D eigenvalue weighted by atomic mass is 79.9. The summed E-state index contributed by atoms with van der Waals surface area (Å²) in [6.07, 6.45) is 0. The molecule has 0 saturated heterocycles. The molecule has 4 rings (SSSR count). The molecule has 0 bridgehead atoms. The third-order valence-corrected chi connectivity index (χ3v) is 6.65. The van der Waals surface area contributed by atoms with Gasteiger partial charge in [-0.15, -0.1) is 10.2 Å². The van der Waals surface area contributed by atoms with Gasteiger partial charge >= 0.3 is 0 Å². The van der Waals surface area contributed by atoms with Gasteiger partial charge in [-0.25, -0.2) is 0 Å². The van der Waals surface area contributed by atoms with Crippen LogP contribution in [0.4, 0.5) is 5.69 Å². The molecule has 31 heavy (non-hydrogen) atoms. The Hall–Kier alpha value is -2.61. The van der Waals surface area contributed by atoms with E-state index in [0.717, 1.165) is 21.5 Å². The van der Waals surface area contributed by atoms with Gasteiger partial charge in [0.1, 0.15) is 0 Å². The molecule has 0 spiro atoms. The number of hydrogen-bond acceptors (Lipinski definition) is 4. The molecule has 1 N–H and O–H groups in total. The number of carbonyl (C=O) groups excluding carboxylic acids is 1. The fourth-order valence-electron chi connectivity index (χ4n) is 2.97. The van der Waals surface area contributed by atoms with E-state index in [9.17, 15) is 4.79 Å². The maximum Gasteiger partial charge on any atom is 0.234 e. The number of anilines is 1. The topological polar surface area (TPSA) is 59.8 Å². The zero-order chi connectivity index (χ0) is 21.8. The predicted molar refractivity (Wildman–Crippen MR) is 130 cm³/mol. The fourth-order valence-corrected chi connectivity index (χ4v) is 4.14. The van der Waals surface area contributed by atoms with Crippen LogP contribution in [0.15, 0.2) is 82.4 Å². The minimum Gasteiger partial charge on any atom is -0.325 e. The van der Waals surface area contributed by atoms with Crippen LogP contribution in [0, 0.1) is 6.92 Å². The zero-order valence-electron chi connectivity index (χ0n) is 16.5. The van der Waals surface area contributed by atoms with Crippen molar-refractivity contribution in [2.75, 3.05) is 11.1 Å². The van der Waals surface area contributed by atoms with E-state index in [1.165, 1.54) is 17.3 Å². The Bertz CT molecular complexity index is 1210. The first-order chi connectivity index (χ1) is 15.0. The van der Waals surface area contributed by atoms with Crippen LogP contribution in [-0.2, 0) is 4.79 Å². The maximum absolute atomic E-state index is 12.5. The van der Waals surface area contributed by atoms with Crippen molar-refractivity contribution in [1.82, 2.24) is 14.8 Å². The summed E-state index contributed by atoms with van der Waals surface area (Å²) in [6.45, 7) is 2.04. The second kappa shape index (κ2) is 9.68. The summed E-state index contributed by atoms with van der Waals surface area (Å²) in [5, 5.41) is 12.8. The molecule has 5 nitrogen and oxygen atoms in total. The lowest BCUT2D eigenvalue weighted by Gasteiger charge is -2.11. The van der Waals surface area contributed by atoms with Crippen molar-refractivity contribution in [3.8, 4) is 17.1 Å². The Kier molecular flexibility index (Phi) is 6.75. The lowest BCUT2D eigenvalue weighted by molar-refractivity contribution is -0.113. The minimum atomic E-state index is -0.150. The number of nitrogens with one attached hydrogen (secondary N) is 1. The second-order valence-electron chi connectivity index (χ2n) is 6.81. The molecule has 0 radical (unpaired) electrons. The van der Waals surface area contributed by atoms with Gasteiger partial charge in [0.05, 0.1) is 10.8 Å². The van der Waals surface area contributed by atoms with Crippen molar-refractivity contribution < 1.29 is 4.79 Å². The smallest absolute Gasteiger partial charge is 0.234 e. The van der Waals surface area contributed by atoms with Gasteiger partial charge < -0.3 is 5.32 Å². The average molecular weight is 514 g/mol. The first-order valence-electron chi connectivity index (χ1n) is 9.47. The number of aromatic nitrogens is 3. The number of hydrogen-bond donors (Lipinski definition) is 1. The van der Waals surface area contributed by atoms with Crippen LogP contribution in [0.2, 0.25) is 5.02 Å². The number of carbonyl (C=O) groups is 1. The minimum absolute atomic E-state index is 0.150. The molecule has 0 saturated carbocycles. The number of benzene rings is 3. The van der Waals surface area contributed by atoms with Gasteiger partial charge in [-0.3, -0.25) is 9.36 Å². The highest BCUT2D eigenvalue weighted by molar-refractivity contribution is 9.10. The van der Waals surface area contributed by atoms with E-state index in [1.807, 2.05) is 66.1 Å². The van der Waals surface area contributed by atoms with Crippen LogP contribution in [-0.4, -0.2) is 26.4 Å². The standard InChI is InChI=1S/C23H18BrClN4OS/c1-15-7-10-18(11-8-15)29-22(16-5-3-2-4-6-16)27-28-23(29)31-14-21(30)26-17-9-12-19(24)20(25)13-17/h2-13H,14H2,1H3,(H,26,30). The van der Waals surface area contributed by atoms with Crippen LogP contribution in [0.25, 0.3) is 17.1 Å². The van der Waals surface area contributed by atoms with Gasteiger partial charge in [-0.05, 0) is 53.2 Å². The van der Waals surface area contributed by atoms with Crippen LogP contribution in [0.3, 0.4) is 0 Å². The monoisotopic (exact) mass is 512 g/mol. The van der Waals surface area contributed by atoms with E-state index in [0.29, 0.717) is 15.9 Å². The molecule has 8 heteroatoms. The number of rotatable bonds is 6. The average Bonchev–Trinajstić information content (AvgIpc) is 3.20. The fraction of sp³-hybridized carbons (Fsp3) is 0.0870. The van der Waals surface area contributed by atoms with Gasteiger partial charge in [-0.2, -0.15) is 0 Å². The molecule has 0 atom stereocenters. The largest absolute Gasteiger partial charge is 0.325 e. The summed E-state index contributed by atoms with van der Waals surface area (Å²) < 4.78 is 2.75. The molecule has 0 aliphatic heterocycles. The Labute approximate surface area is 198 Å². The quantitative estimate of drug-likeness (QED) is 0.304. The number of nitrogens with zero attached hydrogens (tertiary/aromatic N) is 3. The van der Waals surface area contributed by atoms with Gasteiger partial charge in [0.15, 0.2) is 11.0 Å². The second-order valence-corrected chi connectivity index (χ2v) is 9.01. The number of amides is 1. The summed E-state index contributed by atoms with van der Waals surface area (Å²) in [6, 6.07) is 23.3. The third kappa shape index (κ3) is 5.18. The van der Waals surface area contributed by atoms with Crippen LogP contribution in [0.1, 0.15) is 5.56 Å². The summed E-state index contributed by atoms with van der Waals surface area (Å²) in [4.78, 5) is 12.5. The molecule has 1 amide bonds. The maximum atomic E-state index is 12.5. The van der Waals surface area contributed by atoms with Crippen LogP contribution in [0.5, 0.6) is 0 Å². The lowest BCUT2D eigenvalue weighted by Crippen LogP contribution is -2.14. The third-order valence-electron chi connectivity index (χ3n) is 4.49. The van der Waals surface area contributed by atoms with Crippen molar-refractivity contribution in [1.29, 1.82) is 0 Å². The molecular weight excluding hydrogens is 496 g/mol. The lowest BCUT2D eigenvalue weighted by atomic mass is 10.2. The normalized spacial score (nSPS) is 10.8. The summed E-state index contributed by atoms with van der Waals surface area (Å²) >= 11 is 10.8. The Balaban J connectivity index is 1.57. The molecular formula is C23H18BrClN4OS. The van der Waals surface area contributed by atoms with Gasteiger partial charge in [0, 0.05) is 21.4 Å². The SMILES string of the molecule is Cc1ccc(-n2c(SCC(=O)Nc3ccc(Br)c(Cl)c3)nnc2-c2ccccc2)cc1. The highest BCUT2D eigenvalue weighted by Crippen LogP contribution is 2.29. The van der Waals surface area contributed by atoms with Crippen molar-refractivity contribution in [3.05, 3.63) is 87.9 Å². The molecule has 0 unspecified atom stereocenters. The number of halogens is 2. The van der Waals surface area contributed by atoms with E-state index in [-0.39, 0.29) is 11.7 Å². The summed E-state index contributed by atoms with van der Waals surface area (Å²) in [5.74, 6) is 0.766. The van der Waals surface area contributed by atoms with Crippen molar-refractivity contribution >= 4 is 50.9 Å². The summed E-state index contributed by atoms with van der Waals surface area (Å²) in [5.41, 5.74) is 3.71. The first kappa shape index (κ1) is 21.6. The zero-order valence-corrected chi connectivity index (χ0v) is 19.7. The molecule has 3 aromatic carbocycles. The molecule has 156 valence electrons. The Morgan fingerprint density at radius 1 is 1.06 bits per heavy atom. The number of thioether (sulfide) groups is 1. The van der Waals surface area contributed by atoms with Crippen molar-refractivity contribution in [2.24, 2.45) is 0 Å². The highest BCUT2D eigenvalue weighted by Gasteiger charge is 2.17. The van der Waals surface area contributed by atoms with E-state index >= 15 is 0 Å². The first-order valence-corrected chi connectivity index (χ1v) is 11.6. The molecule has 0 aliphatic rings. The van der Waals surface area contributed by atoms with E-state index < -0.39 is 0 Å². The van der Waals surface area contributed by atoms with Crippen LogP contribution < -0.4 is 5.32 Å².